The van der Waals surface area contributed by atoms with E-state index in [1.165, 1.54) is 27.7 Å². The first-order valence-corrected chi connectivity index (χ1v) is 13.7. The van der Waals surface area contributed by atoms with Crippen LogP contribution in [0.1, 0.15) is 31.0 Å². The first-order valence-electron chi connectivity index (χ1n) is 13.7. The maximum absolute atomic E-state index is 16.6. The molecule has 220 valence electrons. The van der Waals surface area contributed by atoms with Gasteiger partial charge < -0.3 is 20.2 Å². The number of piperazine rings is 1. The monoisotopic (exact) mass is 586 g/mol. The van der Waals surface area contributed by atoms with Gasteiger partial charge in [-0.2, -0.15) is 4.98 Å². The molecule has 2 amide bonds. The molecule has 0 radical (unpaired) electrons. The fourth-order valence-electron chi connectivity index (χ4n) is 5.93. The zero-order valence-corrected chi connectivity index (χ0v) is 23.7. The van der Waals surface area contributed by atoms with Crippen LogP contribution in [0.15, 0.2) is 54.0 Å². The van der Waals surface area contributed by atoms with Crippen LogP contribution < -0.4 is 15.9 Å². The van der Waals surface area contributed by atoms with Gasteiger partial charge in [-0.05, 0) is 48.7 Å². The molecule has 1 fully saturated rings. The lowest BCUT2D eigenvalue weighted by Crippen LogP contribution is -2.58. The van der Waals surface area contributed by atoms with Crippen molar-refractivity contribution in [2.75, 3.05) is 29.9 Å². The topological polar surface area (TPSA) is 121 Å². The Morgan fingerprint density at radius 2 is 1.98 bits per heavy atom. The minimum absolute atomic E-state index is 0.0520. The van der Waals surface area contributed by atoms with Crippen LogP contribution in [0.3, 0.4) is 0 Å². The number of benzene rings is 2. The Hall–Kier alpha value is -5.13. The van der Waals surface area contributed by atoms with Crippen LogP contribution in [0, 0.1) is 18.6 Å². The molecule has 43 heavy (non-hydrogen) atoms. The van der Waals surface area contributed by atoms with Gasteiger partial charge in [-0.1, -0.05) is 26.5 Å². The number of aromatic hydroxyl groups is 1. The number of rotatable bonds is 4. The molecule has 1 unspecified atom stereocenters. The first-order chi connectivity index (χ1) is 20.5. The normalized spacial score (nSPS) is 16.2. The number of pyridine rings is 1. The summed E-state index contributed by atoms with van der Waals surface area (Å²) in [5.74, 6) is -3.53. The van der Waals surface area contributed by atoms with Gasteiger partial charge in [-0.15, -0.1) is 0 Å². The average Bonchev–Trinajstić information content (AvgIpc) is 3.09. The zero-order chi connectivity index (χ0) is 30.7. The van der Waals surface area contributed by atoms with Crippen molar-refractivity contribution in [3.8, 4) is 22.6 Å². The van der Waals surface area contributed by atoms with Crippen molar-refractivity contribution < 1.29 is 23.5 Å². The van der Waals surface area contributed by atoms with Gasteiger partial charge >= 0.3 is 5.69 Å². The highest BCUT2D eigenvalue weighted by Gasteiger charge is 2.40. The fraction of sp³-hybridized carbons (Fsp3) is 0.258. The van der Waals surface area contributed by atoms with Crippen LogP contribution in [0.5, 0.6) is 5.75 Å². The van der Waals surface area contributed by atoms with Crippen LogP contribution in [0.25, 0.3) is 27.7 Å². The lowest BCUT2D eigenvalue weighted by atomic mass is 9.98. The van der Waals surface area contributed by atoms with Gasteiger partial charge in [0.2, 0.25) is 11.8 Å². The highest BCUT2D eigenvalue weighted by atomic mass is 19.1. The lowest BCUT2D eigenvalue weighted by Gasteiger charge is -2.40. The number of amides is 2. The molecule has 4 heterocycles. The molecule has 2 N–H and O–H groups in total. The standard InChI is InChI=1S/C31H28F2N6O4/c1-5-22(41)37-11-12-38-20(14-37)30(42)35-27-24-19(13-17(25(27)33)23-18(32)7-6-8-21(23)40)39(31(43)36-29(24)38)28-16(4)9-10-34-26(28)15(2)3/h5-10,13,15,20,40H,1,11-12,14H2,2-4H3,(H,35,42). The number of hydrogen-bond donors (Lipinski definition) is 2. The van der Waals surface area contributed by atoms with E-state index in [4.69, 9.17) is 0 Å². The van der Waals surface area contributed by atoms with E-state index in [9.17, 15) is 19.5 Å². The third kappa shape index (κ3) is 4.32. The summed E-state index contributed by atoms with van der Waals surface area (Å²) in [6.45, 7) is 9.42. The van der Waals surface area contributed by atoms with Crippen LogP contribution in [-0.4, -0.2) is 62.0 Å². The Labute approximate surface area is 244 Å². The van der Waals surface area contributed by atoms with Gasteiger partial charge in [0.1, 0.15) is 23.4 Å². The number of anilines is 2. The average molecular weight is 587 g/mol. The molecule has 2 aliphatic heterocycles. The molecule has 1 atom stereocenters. The van der Waals surface area contributed by atoms with Crippen molar-refractivity contribution in [3.05, 3.63) is 82.6 Å². The molecular formula is C31H28F2N6O4. The second-order valence-corrected chi connectivity index (χ2v) is 10.9. The van der Waals surface area contributed by atoms with E-state index in [1.807, 2.05) is 13.8 Å². The highest BCUT2D eigenvalue weighted by molar-refractivity contribution is 6.13. The van der Waals surface area contributed by atoms with E-state index >= 15 is 8.78 Å². The highest BCUT2D eigenvalue weighted by Crippen LogP contribution is 2.44. The molecule has 6 rings (SSSR count). The molecule has 0 aliphatic carbocycles. The number of halogens is 2. The number of nitrogens with zero attached hydrogens (tertiary/aromatic N) is 5. The predicted molar refractivity (Wildman–Crippen MR) is 158 cm³/mol. The van der Waals surface area contributed by atoms with Crippen LogP contribution in [-0.2, 0) is 9.59 Å². The number of phenolic OH excluding ortho intramolecular Hbond substituents is 1. The largest absolute Gasteiger partial charge is 0.507 e. The summed E-state index contributed by atoms with van der Waals surface area (Å²) >= 11 is 0. The number of aryl methyl sites for hydroxylation is 1. The Morgan fingerprint density at radius 1 is 1.21 bits per heavy atom. The van der Waals surface area contributed by atoms with Gasteiger partial charge in [0, 0.05) is 24.8 Å². The first kappa shape index (κ1) is 28.0. The van der Waals surface area contributed by atoms with Gasteiger partial charge in [-0.3, -0.25) is 19.1 Å². The number of carbonyl (C=O) groups excluding carboxylic acids is 2. The SMILES string of the molecule is C=CC(=O)N1CCN2c3nc(=O)n(-c4c(C)ccnc4C(C)C)c4cc(-c5c(O)cccc5F)c(F)c(c34)NC(=O)C2C1. The second-order valence-electron chi connectivity index (χ2n) is 10.9. The predicted octanol–water partition coefficient (Wildman–Crippen LogP) is 4.02. The molecule has 2 aromatic carbocycles. The Kier molecular flexibility index (Phi) is 6.71. The van der Waals surface area contributed by atoms with E-state index in [0.29, 0.717) is 16.9 Å². The molecule has 4 aromatic rings. The molecule has 2 aliphatic rings. The molecular weight excluding hydrogens is 558 g/mol. The van der Waals surface area contributed by atoms with Gasteiger partial charge in [0.25, 0.3) is 0 Å². The summed E-state index contributed by atoms with van der Waals surface area (Å²) in [6, 6.07) is 5.59. The van der Waals surface area contributed by atoms with Gasteiger partial charge in [-0.25, -0.2) is 13.6 Å². The van der Waals surface area contributed by atoms with Crippen molar-refractivity contribution in [2.45, 2.75) is 32.7 Å². The van der Waals surface area contributed by atoms with E-state index < -0.39 is 40.6 Å². The number of carbonyl (C=O) groups is 2. The number of phenols is 1. The summed E-state index contributed by atoms with van der Waals surface area (Å²) in [6.07, 6.45) is 2.77. The molecule has 0 saturated carbocycles. The van der Waals surface area contributed by atoms with Gasteiger partial charge in [0.05, 0.1) is 40.1 Å². The number of nitrogens with one attached hydrogen (secondary N) is 1. The molecule has 12 heteroatoms. The summed E-state index contributed by atoms with van der Waals surface area (Å²) in [7, 11) is 0. The van der Waals surface area contributed by atoms with Gasteiger partial charge in [0.15, 0.2) is 5.82 Å². The van der Waals surface area contributed by atoms with Crippen molar-refractivity contribution in [1.29, 1.82) is 0 Å². The molecule has 10 nitrogen and oxygen atoms in total. The molecule has 0 bridgehead atoms. The maximum Gasteiger partial charge on any atom is 0.354 e. The number of aromatic nitrogens is 3. The van der Waals surface area contributed by atoms with E-state index in [-0.39, 0.29) is 59.4 Å². The van der Waals surface area contributed by atoms with E-state index in [0.717, 1.165) is 12.1 Å². The fourth-order valence-corrected chi connectivity index (χ4v) is 5.93. The van der Waals surface area contributed by atoms with Crippen molar-refractivity contribution in [3.63, 3.8) is 0 Å². The number of fused-ring (bicyclic) bond motifs is 2. The zero-order valence-electron chi connectivity index (χ0n) is 23.7. The van der Waals surface area contributed by atoms with Crippen molar-refractivity contribution >= 4 is 34.2 Å². The third-order valence-electron chi connectivity index (χ3n) is 7.98. The molecule has 2 aromatic heterocycles. The van der Waals surface area contributed by atoms with Crippen LogP contribution in [0.2, 0.25) is 0 Å². The smallest absolute Gasteiger partial charge is 0.354 e. The lowest BCUT2D eigenvalue weighted by molar-refractivity contribution is -0.128. The summed E-state index contributed by atoms with van der Waals surface area (Å²) in [4.78, 5) is 52.0. The Morgan fingerprint density at radius 3 is 2.67 bits per heavy atom. The quantitative estimate of drug-likeness (QED) is 0.347. The Bertz CT molecular complexity index is 1900. The third-order valence-corrected chi connectivity index (χ3v) is 7.98. The summed E-state index contributed by atoms with van der Waals surface area (Å²) in [5, 5.41) is 13.4. The maximum atomic E-state index is 16.6. The molecule has 1 saturated heterocycles. The van der Waals surface area contributed by atoms with Crippen LogP contribution >= 0.6 is 0 Å². The van der Waals surface area contributed by atoms with E-state index in [1.54, 1.807) is 24.1 Å². The number of hydrogen-bond acceptors (Lipinski definition) is 7. The van der Waals surface area contributed by atoms with Crippen molar-refractivity contribution in [2.24, 2.45) is 0 Å². The van der Waals surface area contributed by atoms with Crippen molar-refractivity contribution in [1.82, 2.24) is 19.4 Å². The minimum Gasteiger partial charge on any atom is -0.507 e. The second kappa shape index (κ2) is 10.3. The summed E-state index contributed by atoms with van der Waals surface area (Å²) in [5.41, 5.74) is -0.0109. The Balaban J connectivity index is 1.74. The minimum atomic E-state index is -1.01. The molecule has 0 spiro atoms. The van der Waals surface area contributed by atoms with Crippen LogP contribution in [0.4, 0.5) is 20.3 Å². The van der Waals surface area contributed by atoms with E-state index in [2.05, 4.69) is 21.9 Å². The summed E-state index contributed by atoms with van der Waals surface area (Å²) < 4.78 is 33.0.